The molecule has 0 aliphatic heterocycles. The Morgan fingerprint density at radius 2 is 2.04 bits per heavy atom. The molecule has 0 aliphatic rings. The van der Waals surface area contributed by atoms with E-state index in [1.807, 2.05) is 26.8 Å². The zero-order valence-electron chi connectivity index (χ0n) is 15.1. The number of rotatable bonds is 9. The van der Waals surface area contributed by atoms with Gasteiger partial charge < -0.3 is 24.6 Å². The zero-order chi connectivity index (χ0) is 18.2. The minimum absolute atomic E-state index is 0.224. The van der Waals surface area contributed by atoms with Gasteiger partial charge in [0.1, 0.15) is 0 Å². The number of aromatic nitrogens is 1. The van der Waals surface area contributed by atoms with Crippen molar-refractivity contribution in [2.45, 2.75) is 39.7 Å². The van der Waals surface area contributed by atoms with E-state index >= 15 is 0 Å². The van der Waals surface area contributed by atoms with Crippen LogP contribution in [-0.4, -0.2) is 49.7 Å². The van der Waals surface area contributed by atoms with Crippen LogP contribution in [-0.2, 0) is 11.2 Å². The van der Waals surface area contributed by atoms with E-state index in [0.29, 0.717) is 31.3 Å². The molecule has 1 aromatic rings. The van der Waals surface area contributed by atoms with Crippen LogP contribution in [0.3, 0.4) is 0 Å². The molecule has 7 nitrogen and oxygen atoms in total. The predicted octanol–water partition coefficient (Wildman–Crippen LogP) is 2.73. The number of amides is 1. The van der Waals surface area contributed by atoms with E-state index < -0.39 is 6.09 Å². The van der Waals surface area contributed by atoms with Crippen molar-refractivity contribution in [1.29, 1.82) is 0 Å². The maximum atomic E-state index is 11.0. The van der Waals surface area contributed by atoms with Crippen molar-refractivity contribution < 1.29 is 24.1 Å². The first-order valence-electron chi connectivity index (χ1n) is 7.92. The lowest BCUT2D eigenvalue weighted by molar-refractivity contribution is 0.170. The van der Waals surface area contributed by atoms with Gasteiger partial charge in [-0.25, -0.2) is 9.78 Å². The number of hydrogen-bond donors (Lipinski definition) is 2. The summed E-state index contributed by atoms with van der Waals surface area (Å²) in [5.74, 6) is 0.962. The van der Waals surface area contributed by atoms with E-state index in [0.717, 1.165) is 12.0 Å². The summed E-state index contributed by atoms with van der Waals surface area (Å²) in [7, 11) is 3.18. The zero-order valence-corrected chi connectivity index (χ0v) is 15.1. The Bertz CT molecular complexity index is 528. The van der Waals surface area contributed by atoms with Crippen LogP contribution in [0.15, 0.2) is 12.3 Å². The second-order valence-electron chi connectivity index (χ2n) is 6.62. The second kappa shape index (κ2) is 9.32. The number of carbonyl (C=O) groups is 1. The average molecular weight is 340 g/mol. The topological polar surface area (TPSA) is 89.9 Å². The smallest absolute Gasteiger partial charge is 0.404 e. The molecule has 136 valence electrons. The van der Waals surface area contributed by atoms with Gasteiger partial charge in [0.25, 0.3) is 5.88 Å². The summed E-state index contributed by atoms with van der Waals surface area (Å²) in [4.78, 5) is 15.3. The lowest BCUT2D eigenvalue weighted by Crippen LogP contribution is -2.44. The molecule has 0 aromatic carbocycles. The molecule has 0 saturated carbocycles. The highest BCUT2D eigenvalue weighted by Crippen LogP contribution is 2.28. The van der Waals surface area contributed by atoms with Crippen molar-refractivity contribution in [1.82, 2.24) is 10.3 Å². The van der Waals surface area contributed by atoms with Crippen molar-refractivity contribution in [2.75, 3.05) is 27.4 Å². The summed E-state index contributed by atoms with van der Waals surface area (Å²) < 4.78 is 15.9. The lowest BCUT2D eigenvalue weighted by Gasteiger charge is -2.30. The Morgan fingerprint density at radius 3 is 2.58 bits per heavy atom. The number of hydrogen-bond acceptors (Lipinski definition) is 5. The average Bonchev–Trinajstić information content (AvgIpc) is 2.50. The molecule has 0 bridgehead atoms. The molecule has 1 rings (SSSR count). The third-order valence-electron chi connectivity index (χ3n) is 3.60. The molecule has 0 radical (unpaired) electrons. The summed E-state index contributed by atoms with van der Waals surface area (Å²) in [5, 5.41) is 11.6. The minimum atomic E-state index is -1.03. The van der Waals surface area contributed by atoms with Gasteiger partial charge >= 0.3 is 6.09 Å². The van der Waals surface area contributed by atoms with E-state index in [1.54, 1.807) is 13.3 Å². The molecule has 0 aliphatic carbocycles. The van der Waals surface area contributed by atoms with Crippen molar-refractivity contribution in [3.05, 3.63) is 17.8 Å². The van der Waals surface area contributed by atoms with Crippen LogP contribution in [0.2, 0.25) is 0 Å². The van der Waals surface area contributed by atoms with E-state index in [2.05, 4.69) is 10.3 Å². The third kappa shape index (κ3) is 6.62. The number of carboxylic acid groups (broad SMARTS) is 1. The number of ether oxygens (including phenoxy) is 3. The minimum Gasteiger partial charge on any atom is -0.488 e. The number of methoxy groups -OCH3 is 2. The summed E-state index contributed by atoms with van der Waals surface area (Å²) >= 11 is 0. The Morgan fingerprint density at radius 1 is 1.33 bits per heavy atom. The Kier molecular flexibility index (Phi) is 7.78. The van der Waals surface area contributed by atoms with Crippen LogP contribution in [0.5, 0.6) is 11.6 Å². The number of nitrogens with one attached hydrogen (secondary N) is 1. The SMILES string of the molecule is COCCCOc1cc(CC(NC(=O)O)C(C)(C)C)cnc1OC. The molecule has 1 atom stereocenters. The van der Waals surface area contributed by atoms with Gasteiger partial charge in [-0.15, -0.1) is 0 Å². The largest absolute Gasteiger partial charge is 0.488 e. The maximum absolute atomic E-state index is 11.0. The van der Waals surface area contributed by atoms with Crippen LogP contribution in [0.1, 0.15) is 32.8 Å². The molecule has 7 heteroatoms. The Hall–Kier alpha value is -2.02. The Balaban J connectivity index is 2.88. The molecule has 24 heavy (non-hydrogen) atoms. The van der Waals surface area contributed by atoms with Gasteiger partial charge in [-0.2, -0.15) is 0 Å². The van der Waals surface area contributed by atoms with Gasteiger partial charge in [0.15, 0.2) is 5.75 Å². The highest BCUT2D eigenvalue weighted by atomic mass is 16.5. The van der Waals surface area contributed by atoms with Crippen LogP contribution >= 0.6 is 0 Å². The summed E-state index contributed by atoms with van der Waals surface area (Å²) in [6.07, 6.45) is 1.92. The van der Waals surface area contributed by atoms with Crippen LogP contribution < -0.4 is 14.8 Å². The van der Waals surface area contributed by atoms with Gasteiger partial charge in [-0.3, -0.25) is 0 Å². The Labute approximate surface area is 143 Å². The molecule has 0 spiro atoms. The fourth-order valence-corrected chi connectivity index (χ4v) is 2.18. The summed E-state index contributed by atoms with van der Waals surface area (Å²) in [6.45, 7) is 7.08. The lowest BCUT2D eigenvalue weighted by atomic mass is 9.83. The van der Waals surface area contributed by atoms with Crippen LogP contribution in [0, 0.1) is 5.41 Å². The first-order valence-corrected chi connectivity index (χ1v) is 7.92. The molecular formula is C17H28N2O5. The summed E-state index contributed by atoms with van der Waals surface area (Å²) in [5.41, 5.74) is 0.656. The summed E-state index contributed by atoms with van der Waals surface area (Å²) in [6, 6.07) is 1.60. The van der Waals surface area contributed by atoms with Gasteiger partial charge in [-0.05, 0) is 23.5 Å². The quantitative estimate of drug-likeness (QED) is 0.672. The molecule has 1 unspecified atom stereocenters. The molecule has 1 aromatic heterocycles. The molecule has 2 N–H and O–H groups in total. The van der Waals surface area contributed by atoms with E-state index in [4.69, 9.17) is 19.3 Å². The van der Waals surface area contributed by atoms with Gasteiger partial charge in [0.2, 0.25) is 0 Å². The molecule has 0 fully saturated rings. The van der Waals surface area contributed by atoms with Crippen molar-refractivity contribution in [3.8, 4) is 11.6 Å². The van der Waals surface area contributed by atoms with Crippen LogP contribution in [0.25, 0.3) is 0 Å². The normalized spacial score (nSPS) is 12.5. The van der Waals surface area contributed by atoms with Crippen molar-refractivity contribution in [3.63, 3.8) is 0 Å². The van der Waals surface area contributed by atoms with E-state index in [9.17, 15) is 4.79 Å². The van der Waals surface area contributed by atoms with Crippen LogP contribution in [0.4, 0.5) is 4.79 Å². The van der Waals surface area contributed by atoms with Crippen molar-refractivity contribution >= 4 is 6.09 Å². The fourth-order valence-electron chi connectivity index (χ4n) is 2.18. The van der Waals surface area contributed by atoms with Gasteiger partial charge in [-0.1, -0.05) is 20.8 Å². The predicted molar refractivity (Wildman–Crippen MR) is 90.9 cm³/mol. The van der Waals surface area contributed by atoms with Gasteiger partial charge in [0, 0.05) is 32.4 Å². The molecule has 0 saturated heterocycles. The highest BCUT2D eigenvalue weighted by molar-refractivity contribution is 5.65. The maximum Gasteiger partial charge on any atom is 0.404 e. The fraction of sp³-hybridized carbons (Fsp3) is 0.647. The molecule has 1 amide bonds. The molecule has 1 heterocycles. The second-order valence-corrected chi connectivity index (χ2v) is 6.62. The monoisotopic (exact) mass is 340 g/mol. The van der Waals surface area contributed by atoms with Crippen molar-refractivity contribution in [2.24, 2.45) is 5.41 Å². The number of pyridine rings is 1. The highest BCUT2D eigenvalue weighted by Gasteiger charge is 2.27. The first-order chi connectivity index (χ1) is 11.3. The standard InChI is InChI=1S/C17H28N2O5/c1-17(2,3)14(19-16(20)21)10-12-9-13(15(23-5)18-11-12)24-8-6-7-22-4/h9,11,14,19H,6-8,10H2,1-5H3,(H,20,21). The van der Waals surface area contributed by atoms with Gasteiger partial charge in [0.05, 0.1) is 13.7 Å². The third-order valence-corrected chi connectivity index (χ3v) is 3.60. The van der Waals surface area contributed by atoms with E-state index in [-0.39, 0.29) is 11.5 Å². The number of nitrogens with zero attached hydrogens (tertiary/aromatic N) is 1. The van der Waals surface area contributed by atoms with E-state index in [1.165, 1.54) is 7.11 Å². The molecular weight excluding hydrogens is 312 g/mol. The first kappa shape index (κ1) is 20.0.